The summed E-state index contributed by atoms with van der Waals surface area (Å²) in [5, 5.41) is 0. The Balaban J connectivity index is 2.37. The molecule has 1 aliphatic rings. The van der Waals surface area contributed by atoms with E-state index in [4.69, 9.17) is 0 Å². The summed E-state index contributed by atoms with van der Waals surface area (Å²) in [6.45, 7) is 6.65. The molecule has 0 N–H and O–H groups in total. The number of ether oxygens (including phenoxy) is 1. The van der Waals surface area contributed by atoms with E-state index in [2.05, 4.69) is 43.7 Å². The fourth-order valence-electron chi connectivity index (χ4n) is 2.34. The normalized spacial score (nSPS) is 16.8. The summed E-state index contributed by atoms with van der Waals surface area (Å²) < 4.78 is 4.69. The summed E-state index contributed by atoms with van der Waals surface area (Å²) in [5.74, 6) is -0.266. The molecule has 0 atom stereocenters. The molecule has 96 valence electrons. The molecule has 2 nitrogen and oxygen atoms in total. The van der Waals surface area contributed by atoms with Crippen molar-refractivity contribution in [2.45, 2.75) is 39.0 Å². The summed E-state index contributed by atoms with van der Waals surface area (Å²) in [5.41, 5.74) is 5.16. The maximum absolute atomic E-state index is 11.3. The molecule has 0 amide bonds. The van der Waals surface area contributed by atoms with Crippen LogP contribution < -0.4 is 0 Å². The molecule has 2 rings (SSSR count). The van der Waals surface area contributed by atoms with Crippen LogP contribution in [0.2, 0.25) is 0 Å². The molecule has 1 aromatic carbocycles. The molecule has 0 aromatic heterocycles. The molecule has 18 heavy (non-hydrogen) atoms. The molecule has 0 fully saturated rings. The minimum Gasteiger partial charge on any atom is -0.466 e. The number of aryl methyl sites for hydroxylation is 1. The molecule has 1 aliphatic carbocycles. The van der Waals surface area contributed by atoms with Crippen molar-refractivity contribution in [1.29, 1.82) is 0 Å². The first-order chi connectivity index (χ1) is 8.41. The average Bonchev–Trinajstić information content (AvgIpc) is 2.70. The number of hydrogen-bond acceptors (Lipinski definition) is 2. The van der Waals surface area contributed by atoms with E-state index in [-0.39, 0.29) is 11.4 Å². The van der Waals surface area contributed by atoms with Gasteiger partial charge in [-0.2, -0.15) is 0 Å². The maximum Gasteiger partial charge on any atom is 0.330 e. The summed E-state index contributed by atoms with van der Waals surface area (Å²) in [6, 6.07) is 6.57. The Hall–Kier alpha value is -1.57. The van der Waals surface area contributed by atoms with Crippen LogP contribution in [0.3, 0.4) is 0 Å². The SMILES string of the molecule is COC(=O)/C=C1\CCc2cc(C(C)(C)C)ccc21. The zero-order valence-corrected chi connectivity index (χ0v) is 11.5. The van der Waals surface area contributed by atoms with E-state index in [1.165, 1.54) is 23.8 Å². The van der Waals surface area contributed by atoms with E-state index >= 15 is 0 Å². The summed E-state index contributed by atoms with van der Waals surface area (Å²) >= 11 is 0. The van der Waals surface area contributed by atoms with Crippen molar-refractivity contribution in [3.63, 3.8) is 0 Å². The Kier molecular flexibility index (Phi) is 3.29. The van der Waals surface area contributed by atoms with Gasteiger partial charge in [0.2, 0.25) is 0 Å². The largest absolute Gasteiger partial charge is 0.466 e. The first-order valence-electron chi connectivity index (χ1n) is 6.34. The molecule has 0 spiro atoms. The lowest BCUT2D eigenvalue weighted by atomic mass is 9.85. The highest BCUT2D eigenvalue weighted by Gasteiger charge is 2.21. The third kappa shape index (κ3) is 2.47. The van der Waals surface area contributed by atoms with Crippen LogP contribution in [0.1, 0.15) is 43.9 Å². The van der Waals surface area contributed by atoms with Gasteiger partial charge >= 0.3 is 5.97 Å². The van der Waals surface area contributed by atoms with E-state index in [1.807, 2.05) is 0 Å². The molecule has 0 unspecified atom stereocenters. The summed E-state index contributed by atoms with van der Waals surface area (Å²) in [7, 11) is 1.41. The number of benzene rings is 1. The van der Waals surface area contributed by atoms with Crippen LogP contribution in [0, 0.1) is 0 Å². The second kappa shape index (κ2) is 4.60. The number of methoxy groups -OCH3 is 1. The highest BCUT2D eigenvalue weighted by molar-refractivity contribution is 5.92. The lowest BCUT2D eigenvalue weighted by Crippen LogP contribution is -2.11. The van der Waals surface area contributed by atoms with Crippen molar-refractivity contribution in [3.05, 3.63) is 41.0 Å². The summed E-state index contributed by atoms with van der Waals surface area (Å²) in [4.78, 5) is 11.3. The molecule has 0 saturated heterocycles. The molecule has 2 heteroatoms. The second-order valence-corrected chi connectivity index (χ2v) is 5.81. The van der Waals surface area contributed by atoms with Gasteiger partial charge in [0.15, 0.2) is 0 Å². The molecular formula is C16H20O2. The standard InChI is InChI=1S/C16H20O2/c1-16(2,3)13-7-8-14-11(9-13)5-6-12(14)10-15(17)18-4/h7-10H,5-6H2,1-4H3/b12-10+. The van der Waals surface area contributed by atoms with Crippen LogP contribution in [-0.4, -0.2) is 13.1 Å². The van der Waals surface area contributed by atoms with Crippen LogP contribution in [-0.2, 0) is 21.4 Å². The van der Waals surface area contributed by atoms with Crippen molar-refractivity contribution < 1.29 is 9.53 Å². The van der Waals surface area contributed by atoms with Crippen LogP contribution in [0.25, 0.3) is 5.57 Å². The van der Waals surface area contributed by atoms with Crippen LogP contribution in [0.15, 0.2) is 24.3 Å². The molecule has 0 saturated carbocycles. The maximum atomic E-state index is 11.3. The van der Waals surface area contributed by atoms with E-state index in [0.29, 0.717) is 0 Å². The molecule has 0 heterocycles. The Bertz CT molecular complexity index is 504. The van der Waals surface area contributed by atoms with Gasteiger partial charge in [-0.1, -0.05) is 39.0 Å². The van der Waals surface area contributed by atoms with Gasteiger partial charge in [0.25, 0.3) is 0 Å². The van der Waals surface area contributed by atoms with Gasteiger partial charge in [-0.15, -0.1) is 0 Å². The minimum absolute atomic E-state index is 0.170. The van der Waals surface area contributed by atoms with Gasteiger partial charge in [0.05, 0.1) is 7.11 Å². The van der Waals surface area contributed by atoms with Gasteiger partial charge in [-0.05, 0) is 40.5 Å². The zero-order chi connectivity index (χ0) is 13.3. The van der Waals surface area contributed by atoms with E-state index in [1.54, 1.807) is 6.08 Å². The Morgan fingerprint density at radius 3 is 2.61 bits per heavy atom. The Morgan fingerprint density at radius 2 is 2.00 bits per heavy atom. The topological polar surface area (TPSA) is 26.3 Å². The van der Waals surface area contributed by atoms with Crippen LogP contribution >= 0.6 is 0 Å². The second-order valence-electron chi connectivity index (χ2n) is 5.81. The highest BCUT2D eigenvalue weighted by Crippen LogP contribution is 2.35. The van der Waals surface area contributed by atoms with Gasteiger partial charge in [0, 0.05) is 6.08 Å². The number of esters is 1. The smallest absolute Gasteiger partial charge is 0.330 e. The van der Waals surface area contributed by atoms with E-state index in [0.717, 1.165) is 18.4 Å². The fourth-order valence-corrected chi connectivity index (χ4v) is 2.34. The number of rotatable bonds is 1. The lowest BCUT2D eigenvalue weighted by molar-refractivity contribution is -0.134. The Morgan fingerprint density at radius 1 is 1.28 bits per heavy atom. The lowest BCUT2D eigenvalue weighted by Gasteiger charge is -2.20. The monoisotopic (exact) mass is 244 g/mol. The predicted molar refractivity (Wildman–Crippen MR) is 73.5 cm³/mol. The van der Waals surface area contributed by atoms with Crippen molar-refractivity contribution in [2.75, 3.05) is 7.11 Å². The molecular weight excluding hydrogens is 224 g/mol. The average molecular weight is 244 g/mol. The fraction of sp³-hybridized carbons (Fsp3) is 0.438. The van der Waals surface area contributed by atoms with Gasteiger partial charge < -0.3 is 4.74 Å². The van der Waals surface area contributed by atoms with Gasteiger partial charge in [-0.25, -0.2) is 4.79 Å². The predicted octanol–water partition coefficient (Wildman–Crippen LogP) is 3.49. The van der Waals surface area contributed by atoms with E-state index in [9.17, 15) is 4.79 Å². The quantitative estimate of drug-likeness (QED) is 0.558. The number of fused-ring (bicyclic) bond motifs is 1. The number of carbonyl (C=O) groups is 1. The molecule has 1 aromatic rings. The third-order valence-electron chi connectivity index (χ3n) is 3.47. The zero-order valence-electron chi connectivity index (χ0n) is 11.5. The highest BCUT2D eigenvalue weighted by atomic mass is 16.5. The first kappa shape index (κ1) is 12.9. The van der Waals surface area contributed by atoms with Gasteiger partial charge in [-0.3, -0.25) is 0 Å². The molecule has 0 aliphatic heterocycles. The van der Waals surface area contributed by atoms with Crippen LogP contribution in [0.5, 0.6) is 0 Å². The van der Waals surface area contributed by atoms with Crippen molar-refractivity contribution >= 4 is 11.5 Å². The van der Waals surface area contributed by atoms with Crippen molar-refractivity contribution in [3.8, 4) is 0 Å². The van der Waals surface area contributed by atoms with Crippen molar-refractivity contribution in [2.24, 2.45) is 0 Å². The first-order valence-corrected chi connectivity index (χ1v) is 6.34. The third-order valence-corrected chi connectivity index (χ3v) is 3.47. The number of hydrogen-bond donors (Lipinski definition) is 0. The van der Waals surface area contributed by atoms with E-state index < -0.39 is 0 Å². The summed E-state index contributed by atoms with van der Waals surface area (Å²) in [6.07, 6.45) is 3.56. The van der Waals surface area contributed by atoms with Crippen LogP contribution in [0.4, 0.5) is 0 Å². The number of carbonyl (C=O) groups excluding carboxylic acids is 1. The van der Waals surface area contributed by atoms with Gasteiger partial charge in [0.1, 0.15) is 0 Å². The minimum atomic E-state index is -0.266. The molecule has 0 radical (unpaired) electrons. The van der Waals surface area contributed by atoms with Crippen molar-refractivity contribution in [1.82, 2.24) is 0 Å². The molecule has 0 bridgehead atoms. The Labute approximate surface area is 109 Å². The number of allylic oxidation sites excluding steroid dienone is 1.